The van der Waals surface area contributed by atoms with Crippen molar-refractivity contribution in [3.05, 3.63) is 29.8 Å². The molecular formula is C17H24O3. The highest BCUT2D eigenvalue weighted by molar-refractivity contribution is 6.02. The average molecular weight is 276 g/mol. The van der Waals surface area contributed by atoms with Crippen LogP contribution >= 0.6 is 0 Å². The van der Waals surface area contributed by atoms with Gasteiger partial charge in [0.05, 0.1) is 6.61 Å². The smallest absolute Gasteiger partial charge is 0.194 e. The zero-order valence-corrected chi connectivity index (χ0v) is 12.6. The molecule has 1 saturated carbocycles. The Balaban J connectivity index is 2.16. The summed E-state index contributed by atoms with van der Waals surface area (Å²) in [4.78, 5) is 12.8. The summed E-state index contributed by atoms with van der Waals surface area (Å²) in [5, 5.41) is 0. The normalized spacial score (nSPS) is 26.2. The first-order valence-electron chi connectivity index (χ1n) is 7.44. The van der Waals surface area contributed by atoms with Gasteiger partial charge in [-0.3, -0.25) is 4.79 Å². The van der Waals surface area contributed by atoms with Gasteiger partial charge < -0.3 is 9.47 Å². The third kappa shape index (κ3) is 3.04. The minimum absolute atomic E-state index is 0.106. The lowest BCUT2D eigenvalue weighted by Gasteiger charge is -2.37. The van der Waals surface area contributed by atoms with Crippen molar-refractivity contribution in [3.63, 3.8) is 0 Å². The molecule has 0 aliphatic heterocycles. The quantitative estimate of drug-likeness (QED) is 0.766. The van der Waals surface area contributed by atoms with Crippen molar-refractivity contribution in [2.75, 3.05) is 13.7 Å². The van der Waals surface area contributed by atoms with E-state index in [-0.39, 0.29) is 5.78 Å². The van der Waals surface area contributed by atoms with Gasteiger partial charge in [0.2, 0.25) is 0 Å². The molecule has 0 heterocycles. The molecule has 1 aliphatic carbocycles. The Kier molecular flexibility index (Phi) is 4.81. The summed E-state index contributed by atoms with van der Waals surface area (Å²) < 4.78 is 11.0. The van der Waals surface area contributed by atoms with Crippen LogP contribution < -0.4 is 4.74 Å². The summed E-state index contributed by atoms with van der Waals surface area (Å²) in [5.74, 6) is 1.59. The fourth-order valence-corrected chi connectivity index (χ4v) is 2.88. The largest absolute Gasteiger partial charge is 0.494 e. The number of carbonyl (C=O) groups excluding carboxylic acids is 1. The van der Waals surface area contributed by atoms with Gasteiger partial charge in [0, 0.05) is 12.7 Å². The molecule has 0 radical (unpaired) electrons. The van der Waals surface area contributed by atoms with Gasteiger partial charge in [-0.25, -0.2) is 0 Å². The Labute approximate surface area is 121 Å². The van der Waals surface area contributed by atoms with E-state index >= 15 is 0 Å². The molecule has 0 bridgehead atoms. The zero-order chi connectivity index (χ0) is 14.6. The molecule has 0 N–H and O–H groups in total. The van der Waals surface area contributed by atoms with Crippen LogP contribution in [0.2, 0.25) is 0 Å². The number of Topliss-reactive ketones (excluding diaryl/α,β-unsaturated/α-hetero) is 1. The van der Waals surface area contributed by atoms with E-state index in [4.69, 9.17) is 9.47 Å². The minimum atomic E-state index is -0.625. The van der Waals surface area contributed by atoms with Crippen LogP contribution in [0.4, 0.5) is 0 Å². The maximum atomic E-state index is 12.8. The van der Waals surface area contributed by atoms with Crippen molar-refractivity contribution in [2.45, 2.75) is 45.1 Å². The predicted molar refractivity (Wildman–Crippen MR) is 79.3 cm³/mol. The van der Waals surface area contributed by atoms with Gasteiger partial charge >= 0.3 is 0 Å². The van der Waals surface area contributed by atoms with E-state index in [9.17, 15) is 4.79 Å². The molecule has 0 atom stereocenters. The van der Waals surface area contributed by atoms with Crippen LogP contribution in [0.5, 0.6) is 5.75 Å². The lowest BCUT2D eigenvalue weighted by atomic mass is 9.75. The first kappa shape index (κ1) is 15.0. The second-order valence-electron chi connectivity index (χ2n) is 5.67. The third-order valence-electron chi connectivity index (χ3n) is 4.31. The Morgan fingerprint density at radius 2 is 1.85 bits per heavy atom. The molecule has 1 aliphatic rings. The number of ether oxygens (including phenoxy) is 2. The molecular weight excluding hydrogens is 252 g/mol. The van der Waals surface area contributed by atoms with Gasteiger partial charge in [-0.2, -0.15) is 0 Å². The monoisotopic (exact) mass is 276 g/mol. The van der Waals surface area contributed by atoms with E-state index in [1.165, 1.54) is 0 Å². The number of rotatable bonds is 5. The highest BCUT2D eigenvalue weighted by Crippen LogP contribution is 2.37. The molecule has 0 unspecified atom stereocenters. The molecule has 1 aromatic rings. The van der Waals surface area contributed by atoms with Crippen LogP contribution in [0.25, 0.3) is 0 Å². The van der Waals surface area contributed by atoms with Crippen LogP contribution in [0.15, 0.2) is 24.3 Å². The number of carbonyl (C=O) groups is 1. The average Bonchev–Trinajstić information content (AvgIpc) is 2.49. The van der Waals surface area contributed by atoms with Gasteiger partial charge in [-0.15, -0.1) is 0 Å². The Morgan fingerprint density at radius 1 is 1.25 bits per heavy atom. The maximum Gasteiger partial charge on any atom is 0.194 e. The van der Waals surface area contributed by atoms with Crippen molar-refractivity contribution in [3.8, 4) is 5.75 Å². The summed E-state index contributed by atoms with van der Waals surface area (Å²) in [7, 11) is 1.66. The number of ketones is 1. The molecule has 110 valence electrons. The lowest BCUT2D eigenvalue weighted by molar-refractivity contribution is -0.0263. The van der Waals surface area contributed by atoms with E-state index in [0.29, 0.717) is 18.1 Å². The highest BCUT2D eigenvalue weighted by atomic mass is 16.5. The van der Waals surface area contributed by atoms with Crippen molar-refractivity contribution < 1.29 is 14.3 Å². The van der Waals surface area contributed by atoms with Gasteiger partial charge in [0.15, 0.2) is 5.78 Å². The number of benzene rings is 1. The van der Waals surface area contributed by atoms with Crippen molar-refractivity contribution in [1.82, 2.24) is 0 Å². The maximum absolute atomic E-state index is 12.8. The molecule has 0 saturated heterocycles. The molecule has 2 rings (SSSR count). The van der Waals surface area contributed by atoms with E-state index in [2.05, 4.69) is 6.92 Å². The summed E-state index contributed by atoms with van der Waals surface area (Å²) >= 11 is 0. The molecule has 3 heteroatoms. The van der Waals surface area contributed by atoms with Crippen molar-refractivity contribution in [2.24, 2.45) is 5.92 Å². The van der Waals surface area contributed by atoms with Gasteiger partial charge in [-0.05, 0) is 62.8 Å². The van der Waals surface area contributed by atoms with Crippen molar-refractivity contribution >= 4 is 5.78 Å². The Bertz CT molecular complexity index is 442. The van der Waals surface area contributed by atoms with E-state index in [1.54, 1.807) is 7.11 Å². The summed E-state index contributed by atoms with van der Waals surface area (Å²) in [6, 6.07) is 7.38. The molecule has 1 aromatic carbocycles. The first-order valence-corrected chi connectivity index (χ1v) is 7.44. The molecule has 1 fully saturated rings. The summed E-state index contributed by atoms with van der Waals surface area (Å²) in [6.07, 6.45) is 3.74. The number of methoxy groups -OCH3 is 1. The van der Waals surface area contributed by atoms with E-state index in [1.807, 2.05) is 31.2 Å². The van der Waals surface area contributed by atoms with E-state index in [0.717, 1.165) is 31.4 Å². The Morgan fingerprint density at radius 3 is 2.35 bits per heavy atom. The molecule has 3 nitrogen and oxygen atoms in total. The third-order valence-corrected chi connectivity index (χ3v) is 4.31. The van der Waals surface area contributed by atoms with Crippen LogP contribution in [-0.2, 0) is 4.74 Å². The summed E-state index contributed by atoms with van der Waals surface area (Å²) in [6.45, 7) is 4.82. The zero-order valence-electron chi connectivity index (χ0n) is 12.6. The molecule has 0 amide bonds. The van der Waals surface area contributed by atoms with Gasteiger partial charge in [-0.1, -0.05) is 6.92 Å². The first-order chi connectivity index (χ1) is 9.61. The number of hydrogen-bond acceptors (Lipinski definition) is 3. The lowest BCUT2D eigenvalue weighted by Crippen LogP contribution is -2.43. The SMILES string of the molecule is CCOc1ccc(C(=O)C2(OC)CCC(C)CC2)cc1. The minimum Gasteiger partial charge on any atom is -0.494 e. The topological polar surface area (TPSA) is 35.5 Å². The second-order valence-corrected chi connectivity index (χ2v) is 5.67. The molecule has 0 aromatic heterocycles. The van der Waals surface area contributed by atoms with E-state index < -0.39 is 5.60 Å². The number of hydrogen-bond donors (Lipinski definition) is 0. The van der Waals surface area contributed by atoms with Gasteiger partial charge in [0.25, 0.3) is 0 Å². The fourth-order valence-electron chi connectivity index (χ4n) is 2.88. The molecule has 0 spiro atoms. The Hall–Kier alpha value is -1.35. The summed E-state index contributed by atoms with van der Waals surface area (Å²) in [5.41, 5.74) is 0.0875. The van der Waals surface area contributed by atoms with Gasteiger partial charge in [0.1, 0.15) is 11.4 Å². The van der Waals surface area contributed by atoms with Crippen LogP contribution in [0, 0.1) is 5.92 Å². The van der Waals surface area contributed by atoms with Crippen LogP contribution in [0.1, 0.15) is 49.9 Å². The highest BCUT2D eigenvalue weighted by Gasteiger charge is 2.41. The standard InChI is InChI=1S/C17H24O3/c1-4-20-15-7-5-14(6-8-15)16(18)17(19-3)11-9-13(2)10-12-17/h5-8,13H,4,9-12H2,1-3H3. The van der Waals surface area contributed by atoms with Crippen LogP contribution in [-0.4, -0.2) is 25.1 Å². The van der Waals surface area contributed by atoms with Crippen molar-refractivity contribution in [1.29, 1.82) is 0 Å². The van der Waals surface area contributed by atoms with Crippen LogP contribution in [0.3, 0.4) is 0 Å². The predicted octanol–water partition coefficient (Wildman–Crippen LogP) is 3.86. The fraction of sp³-hybridized carbons (Fsp3) is 0.588. The second kappa shape index (κ2) is 6.40. The molecule has 20 heavy (non-hydrogen) atoms.